The summed E-state index contributed by atoms with van der Waals surface area (Å²) in [6.07, 6.45) is 3.36. The van der Waals surface area contributed by atoms with E-state index in [0.29, 0.717) is 0 Å². The molecule has 0 spiro atoms. The Kier molecular flexibility index (Phi) is 2.35. The summed E-state index contributed by atoms with van der Waals surface area (Å²) in [5.74, 6) is 1.19. The molecule has 1 N–H and O–H groups in total. The molecule has 0 radical (unpaired) electrons. The minimum absolute atomic E-state index is 0.213. The number of aromatic nitrogens is 2. The fourth-order valence-corrected chi connectivity index (χ4v) is 1.70. The van der Waals surface area contributed by atoms with Gasteiger partial charge in [-0.3, -0.25) is 0 Å². The quantitative estimate of drug-likeness (QED) is 0.774. The van der Waals surface area contributed by atoms with E-state index in [4.69, 9.17) is 4.98 Å². The van der Waals surface area contributed by atoms with Crippen LogP contribution in [0.3, 0.4) is 0 Å². The molecular formula is C11H19N3. The molecule has 1 aliphatic rings. The van der Waals surface area contributed by atoms with E-state index >= 15 is 0 Å². The topological polar surface area (TPSA) is 29.9 Å². The summed E-state index contributed by atoms with van der Waals surface area (Å²) in [6, 6.07) is 0. The Morgan fingerprint density at radius 1 is 1.57 bits per heavy atom. The molecule has 1 aliphatic heterocycles. The number of fused-ring (bicyclic) bond motifs is 1. The summed E-state index contributed by atoms with van der Waals surface area (Å²) in [5.41, 5.74) is 1.45. The van der Waals surface area contributed by atoms with Gasteiger partial charge in [0.1, 0.15) is 5.82 Å². The zero-order valence-corrected chi connectivity index (χ0v) is 9.30. The van der Waals surface area contributed by atoms with Crippen LogP contribution in [-0.2, 0) is 18.5 Å². The second kappa shape index (κ2) is 3.39. The Balaban J connectivity index is 2.32. The van der Waals surface area contributed by atoms with Crippen molar-refractivity contribution in [1.82, 2.24) is 14.9 Å². The number of rotatable bonds is 2. The number of hydrogen-bond donors (Lipinski definition) is 1. The standard InChI is InChI=1S/C11H19N3/c1-4-11(2,3)9-8-14-6-5-12-7-10(14)13-9/h8,12H,4-7H2,1-3H3. The third-order valence-corrected chi connectivity index (χ3v) is 3.25. The van der Waals surface area contributed by atoms with Gasteiger partial charge in [0, 0.05) is 24.7 Å². The molecule has 1 aromatic rings. The fourth-order valence-electron chi connectivity index (χ4n) is 1.70. The van der Waals surface area contributed by atoms with Crippen LogP contribution in [0.1, 0.15) is 38.7 Å². The summed E-state index contributed by atoms with van der Waals surface area (Å²) < 4.78 is 2.28. The van der Waals surface area contributed by atoms with Crippen LogP contribution in [-0.4, -0.2) is 16.1 Å². The van der Waals surface area contributed by atoms with Crippen molar-refractivity contribution in [2.45, 2.75) is 45.7 Å². The minimum atomic E-state index is 0.213. The smallest absolute Gasteiger partial charge is 0.123 e. The Hall–Kier alpha value is -0.830. The van der Waals surface area contributed by atoms with E-state index in [-0.39, 0.29) is 5.41 Å². The highest BCUT2D eigenvalue weighted by Crippen LogP contribution is 2.26. The van der Waals surface area contributed by atoms with Gasteiger partial charge in [-0.15, -0.1) is 0 Å². The first-order valence-corrected chi connectivity index (χ1v) is 5.41. The minimum Gasteiger partial charge on any atom is -0.332 e. The summed E-state index contributed by atoms with van der Waals surface area (Å²) in [7, 11) is 0. The maximum Gasteiger partial charge on any atom is 0.123 e. The average molecular weight is 193 g/mol. The van der Waals surface area contributed by atoms with Crippen molar-refractivity contribution in [2.24, 2.45) is 0 Å². The molecule has 0 saturated carbocycles. The molecule has 2 rings (SSSR count). The molecule has 78 valence electrons. The Labute approximate surface area is 85.5 Å². The fraction of sp³-hybridized carbons (Fsp3) is 0.727. The predicted octanol–water partition coefficient (Wildman–Crippen LogP) is 1.67. The summed E-state index contributed by atoms with van der Waals surface area (Å²) in [4.78, 5) is 4.69. The lowest BCUT2D eigenvalue weighted by atomic mass is 9.87. The van der Waals surface area contributed by atoms with Crippen LogP contribution >= 0.6 is 0 Å². The van der Waals surface area contributed by atoms with Gasteiger partial charge in [0.2, 0.25) is 0 Å². The van der Waals surface area contributed by atoms with Gasteiger partial charge in [0.15, 0.2) is 0 Å². The molecule has 0 saturated heterocycles. The molecule has 0 unspecified atom stereocenters. The molecule has 0 aromatic carbocycles. The van der Waals surface area contributed by atoms with Crippen molar-refractivity contribution in [2.75, 3.05) is 6.54 Å². The second-order valence-electron chi connectivity index (χ2n) is 4.65. The van der Waals surface area contributed by atoms with E-state index in [0.717, 1.165) is 26.1 Å². The van der Waals surface area contributed by atoms with Crippen LogP contribution in [0.4, 0.5) is 0 Å². The lowest BCUT2D eigenvalue weighted by molar-refractivity contribution is 0.491. The molecule has 0 atom stereocenters. The molecule has 0 amide bonds. The number of nitrogens with one attached hydrogen (secondary N) is 1. The van der Waals surface area contributed by atoms with Crippen molar-refractivity contribution < 1.29 is 0 Å². The molecule has 0 fully saturated rings. The summed E-state index contributed by atoms with van der Waals surface area (Å²) in [6.45, 7) is 9.78. The van der Waals surface area contributed by atoms with E-state index in [1.165, 1.54) is 11.5 Å². The second-order valence-corrected chi connectivity index (χ2v) is 4.65. The van der Waals surface area contributed by atoms with Crippen LogP contribution in [0.5, 0.6) is 0 Å². The van der Waals surface area contributed by atoms with Crippen LogP contribution in [0, 0.1) is 0 Å². The Morgan fingerprint density at radius 2 is 2.36 bits per heavy atom. The van der Waals surface area contributed by atoms with E-state index in [9.17, 15) is 0 Å². The molecule has 2 heterocycles. The van der Waals surface area contributed by atoms with E-state index in [1.807, 2.05) is 0 Å². The lowest BCUT2D eigenvalue weighted by Gasteiger charge is -2.19. The predicted molar refractivity (Wildman–Crippen MR) is 57.3 cm³/mol. The number of imidazole rings is 1. The van der Waals surface area contributed by atoms with Gasteiger partial charge in [-0.25, -0.2) is 4.98 Å². The molecule has 0 aliphatic carbocycles. The SMILES string of the molecule is CCC(C)(C)c1cn2c(n1)CNCC2. The third kappa shape index (κ3) is 1.57. The molecular weight excluding hydrogens is 174 g/mol. The van der Waals surface area contributed by atoms with Crippen molar-refractivity contribution >= 4 is 0 Å². The van der Waals surface area contributed by atoms with E-state index < -0.39 is 0 Å². The Morgan fingerprint density at radius 3 is 3.00 bits per heavy atom. The maximum atomic E-state index is 4.69. The number of nitrogens with zero attached hydrogens (tertiary/aromatic N) is 2. The highest BCUT2D eigenvalue weighted by Gasteiger charge is 2.23. The van der Waals surface area contributed by atoms with Gasteiger partial charge in [-0.1, -0.05) is 20.8 Å². The van der Waals surface area contributed by atoms with Crippen molar-refractivity contribution in [3.05, 3.63) is 17.7 Å². The summed E-state index contributed by atoms with van der Waals surface area (Å²) >= 11 is 0. The third-order valence-electron chi connectivity index (χ3n) is 3.25. The average Bonchev–Trinajstić information content (AvgIpc) is 2.61. The molecule has 3 nitrogen and oxygen atoms in total. The van der Waals surface area contributed by atoms with Gasteiger partial charge in [-0.2, -0.15) is 0 Å². The van der Waals surface area contributed by atoms with Crippen molar-refractivity contribution in [3.63, 3.8) is 0 Å². The lowest BCUT2D eigenvalue weighted by Crippen LogP contribution is -2.27. The maximum absolute atomic E-state index is 4.69. The van der Waals surface area contributed by atoms with Gasteiger partial charge in [-0.05, 0) is 6.42 Å². The number of hydrogen-bond acceptors (Lipinski definition) is 2. The largest absolute Gasteiger partial charge is 0.332 e. The highest BCUT2D eigenvalue weighted by atomic mass is 15.1. The van der Waals surface area contributed by atoms with E-state index in [1.54, 1.807) is 0 Å². The first kappa shape index (κ1) is 9.71. The van der Waals surface area contributed by atoms with Crippen LogP contribution in [0.2, 0.25) is 0 Å². The molecule has 14 heavy (non-hydrogen) atoms. The zero-order chi connectivity index (χ0) is 10.2. The van der Waals surface area contributed by atoms with Crippen LogP contribution in [0.25, 0.3) is 0 Å². The summed E-state index contributed by atoms with van der Waals surface area (Å²) in [5, 5.41) is 3.34. The van der Waals surface area contributed by atoms with Crippen molar-refractivity contribution in [3.8, 4) is 0 Å². The molecule has 1 aromatic heterocycles. The first-order chi connectivity index (χ1) is 6.63. The first-order valence-electron chi connectivity index (χ1n) is 5.41. The monoisotopic (exact) mass is 193 g/mol. The van der Waals surface area contributed by atoms with Gasteiger partial charge >= 0.3 is 0 Å². The Bertz CT molecular complexity index is 302. The van der Waals surface area contributed by atoms with E-state index in [2.05, 4.69) is 36.9 Å². The van der Waals surface area contributed by atoms with Crippen LogP contribution < -0.4 is 5.32 Å². The molecule has 3 heteroatoms. The van der Waals surface area contributed by atoms with Crippen LogP contribution in [0.15, 0.2) is 6.20 Å². The van der Waals surface area contributed by atoms with Gasteiger partial charge < -0.3 is 9.88 Å². The van der Waals surface area contributed by atoms with Gasteiger partial charge in [0.05, 0.1) is 12.2 Å². The van der Waals surface area contributed by atoms with Crippen molar-refractivity contribution in [1.29, 1.82) is 0 Å². The normalized spacial score (nSPS) is 16.8. The highest BCUT2D eigenvalue weighted by molar-refractivity contribution is 5.15. The van der Waals surface area contributed by atoms with Gasteiger partial charge in [0.25, 0.3) is 0 Å². The zero-order valence-electron chi connectivity index (χ0n) is 9.30. The molecule has 0 bridgehead atoms.